The Morgan fingerprint density at radius 3 is 2.70 bits per heavy atom. The van der Waals surface area contributed by atoms with Crippen molar-refractivity contribution in [3.8, 4) is 22.1 Å². The van der Waals surface area contributed by atoms with Gasteiger partial charge in [-0.15, -0.1) is 11.3 Å². The first-order valence-corrected chi connectivity index (χ1v) is 9.58. The van der Waals surface area contributed by atoms with Crippen molar-refractivity contribution in [3.63, 3.8) is 0 Å². The third-order valence-corrected chi connectivity index (χ3v) is 5.22. The van der Waals surface area contributed by atoms with Crippen LogP contribution in [0, 0.1) is 0 Å². The van der Waals surface area contributed by atoms with E-state index in [0.717, 1.165) is 16.3 Å². The largest absolute Gasteiger partial charge is 0.497 e. The predicted molar refractivity (Wildman–Crippen MR) is 106 cm³/mol. The van der Waals surface area contributed by atoms with Gasteiger partial charge in [0.1, 0.15) is 28.7 Å². The first-order valence-electron chi connectivity index (χ1n) is 8.70. The van der Waals surface area contributed by atoms with Crippen LogP contribution in [-0.4, -0.2) is 12.1 Å². The van der Waals surface area contributed by atoms with Gasteiger partial charge < -0.3 is 13.9 Å². The van der Waals surface area contributed by atoms with Crippen molar-refractivity contribution >= 4 is 22.3 Å². The van der Waals surface area contributed by atoms with Crippen LogP contribution in [0.25, 0.3) is 21.5 Å². The molecule has 0 atom stereocenters. The molecule has 4 aromatic rings. The van der Waals surface area contributed by atoms with E-state index in [9.17, 15) is 18.0 Å². The Morgan fingerprint density at radius 2 is 1.93 bits per heavy atom. The van der Waals surface area contributed by atoms with Crippen LogP contribution in [0.15, 0.2) is 63.1 Å². The Morgan fingerprint density at radius 1 is 1.10 bits per heavy atom. The molecule has 0 aliphatic heterocycles. The fraction of sp³-hybridized carbons (Fsp3) is 0.143. The quantitative estimate of drug-likeness (QED) is 0.388. The summed E-state index contributed by atoms with van der Waals surface area (Å²) in [6, 6.07) is 11.8. The minimum absolute atomic E-state index is 0.106. The molecule has 0 fully saturated rings. The standard InChI is InChI=1S/C21H14F3NO4S/c1-27-14-4-2-3-12(7-14)20-25-13(11-30-20)10-28-15-5-6-16-17(21(22,23)24)9-19(26)29-18(16)8-15/h2-9,11H,10H2,1H3. The van der Waals surface area contributed by atoms with Gasteiger partial charge in [-0.05, 0) is 24.3 Å². The third-order valence-electron chi connectivity index (χ3n) is 4.28. The van der Waals surface area contributed by atoms with E-state index in [1.165, 1.54) is 29.5 Å². The van der Waals surface area contributed by atoms with Crippen molar-refractivity contribution in [2.75, 3.05) is 7.11 Å². The highest BCUT2D eigenvalue weighted by Gasteiger charge is 2.33. The molecule has 0 aliphatic carbocycles. The molecule has 0 bridgehead atoms. The molecule has 0 radical (unpaired) electrons. The highest BCUT2D eigenvalue weighted by Crippen LogP contribution is 2.35. The molecule has 4 rings (SSSR count). The third kappa shape index (κ3) is 4.16. The number of aromatic nitrogens is 1. The van der Waals surface area contributed by atoms with Crippen LogP contribution in [0.3, 0.4) is 0 Å². The van der Waals surface area contributed by atoms with Gasteiger partial charge in [0.05, 0.1) is 18.4 Å². The average molecular weight is 433 g/mol. The van der Waals surface area contributed by atoms with Gasteiger partial charge in [-0.2, -0.15) is 13.2 Å². The molecular formula is C21H14F3NO4S. The Kier molecular flexibility index (Phi) is 5.21. The van der Waals surface area contributed by atoms with E-state index in [2.05, 4.69) is 4.98 Å². The second kappa shape index (κ2) is 7.83. The molecule has 0 unspecified atom stereocenters. The summed E-state index contributed by atoms with van der Waals surface area (Å²) in [7, 11) is 1.59. The number of methoxy groups -OCH3 is 1. The van der Waals surface area contributed by atoms with E-state index in [1.807, 2.05) is 29.6 Å². The van der Waals surface area contributed by atoms with E-state index in [-0.39, 0.29) is 23.3 Å². The molecule has 154 valence electrons. The molecule has 2 aromatic carbocycles. The zero-order valence-corrected chi connectivity index (χ0v) is 16.3. The van der Waals surface area contributed by atoms with Gasteiger partial charge in [-0.3, -0.25) is 0 Å². The molecule has 0 aliphatic rings. The van der Waals surface area contributed by atoms with Crippen molar-refractivity contribution < 1.29 is 27.1 Å². The molecule has 5 nitrogen and oxygen atoms in total. The molecule has 30 heavy (non-hydrogen) atoms. The summed E-state index contributed by atoms with van der Waals surface area (Å²) in [6.07, 6.45) is -4.66. The predicted octanol–water partition coefficient (Wildman–Crippen LogP) is 5.52. The van der Waals surface area contributed by atoms with E-state index in [0.29, 0.717) is 11.8 Å². The van der Waals surface area contributed by atoms with Crippen LogP contribution in [-0.2, 0) is 12.8 Å². The Hall–Kier alpha value is -3.33. The fourth-order valence-corrected chi connectivity index (χ4v) is 3.69. The Labute approximate surface area is 172 Å². The van der Waals surface area contributed by atoms with Gasteiger partial charge in [0.25, 0.3) is 0 Å². The summed E-state index contributed by atoms with van der Waals surface area (Å²) in [6.45, 7) is 0.106. The summed E-state index contributed by atoms with van der Waals surface area (Å²) < 4.78 is 55.2. The molecular weight excluding hydrogens is 419 g/mol. The van der Waals surface area contributed by atoms with Crippen molar-refractivity contribution in [1.29, 1.82) is 0 Å². The van der Waals surface area contributed by atoms with Crippen LogP contribution >= 0.6 is 11.3 Å². The summed E-state index contributed by atoms with van der Waals surface area (Å²) in [5, 5.41) is 2.41. The number of nitrogens with zero attached hydrogens (tertiary/aromatic N) is 1. The number of hydrogen-bond donors (Lipinski definition) is 0. The zero-order valence-electron chi connectivity index (χ0n) is 15.5. The highest BCUT2D eigenvalue weighted by atomic mass is 32.1. The van der Waals surface area contributed by atoms with Crippen LogP contribution in [0.4, 0.5) is 13.2 Å². The lowest BCUT2D eigenvalue weighted by molar-refractivity contribution is -0.136. The Bertz CT molecular complexity index is 1260. The maximum Gasteiger partial charge on any atom is 0.417 e. The SMILES string of the molecule is COc1cccc(-c2nc(COc3ccc4c(C(F)(F)F)cc(=O)oc4c3)cs2)c1. The van der Waals surface area contributed by atoms with Gasteiger partial charge in [0.15, 0.2) is 0 Å². The molecule has 0 spiro atoms. The van der Waals surface area contributed by atoms with Crippen molar-refractivity contribution in [1.82, 2.24) is 4.98 Å². The van der Waals surface area contributed by atoms with Gasteiger partial charge in [0, 0.05) is 28.5 Å². The van der Waals surface area contributed by atoms with Gasteiger partial charge >= 0.3 is 11.8 Å². The maximum atomic E-state index is 13.1. The van der Waals surface area contributed by atoms with Gasteiger partial charge in [-0.25, -0.2) is 9.78 Å². The molecule has 0 amide bonds. The topological polar surface area (TPSA) is 61.6 Å². The number of fused-ring (bicyclic) bond motifs is 1. The zero-order chi connectivity index (χ0) is 21.3. The monoisotopic (exact) mass is 433 g/mol. The first kappa shape index (κ1) is 20.0. The van der Waals surface area contributed by atoms with Crippen molar-refractivity contribution in [3.05, 3.63) is 75.6 Å². The summed E-state index contributed by atoms with van der Waals surface area (Å²) in [4.78, 5) is 16.0. The average Bonchev–Trinajstić information content (AvgIpc) is 3.20. The number of hydrogen-bond acceptors (Lipinski definition) is 6. The molecule has 0 N–H and O–H groups in total. The van der Waals surface area contributed by atoms with Gasteiger partial charge in [-0.1, -0.05) is 12.1 Å². The fourth-order valence-electron chi connectivity index (χ4n) is 2.89. The minimum Gasteiger partial charge on any atom is -0.497 e. The molecule has 0 saturated carbocycles. The van der Waals surface area contributed by atoms with E-state index in [1.54, 1.807) is 7.11 Å². The van der Waals surface area contributed by atoms with Crippen LogP contribution in [0.5, 0.6) is 11.5 Å². The van der Waals surface area contributed by atoms with Crippen molar-refractivity contribution in [2.24, 2.45) is 0 Å². The lowest BCUT2D eigenvalue weighted by atomic mass is 10.1. The molecule has 9 heteroatoms. The van der Waals surface area contributed by atoms with E-state index >= 15 is 0 Å². The summed E-state index contributed by atoms with van der Waals surface area (Å²) in [5.74, 6) is 0.984. The second-order valence-electron chi connectivity index (χ2n) is 6.30. The van der Waals surface area contributed by atoms with E-state index < -0.39 is 17.4 Å². The lowest BCUT2D eigenvalue weighted by Crippen LogP contribution is -2.11. The van der Waals surface area contributed by atoms with Crippen LogP contribution in [0.1, 0.15) is 11.3 Å². The smallest absolute Gasteiger partial charge is 0.417 e. The normalized spacial score (nSPS) is 11.6. The van der Waals surface area contributed by atoms with Gasteiger partial charge in [0.2, 0.25) is 0 Å². The number of rotatable bonds is 5. The minimum atomic E-state index is -4.66. The number of halogens is 3. The maximum absolute atomic E-state index is 13.1. The molecule has 2 aromatic heterocycles. The highest BCUT2D eigenvalue weighted by molar-refractivity contribution is 7.13. The summed E-state index contributed by atoms with van der Waals surface area (Å²) >= 11 is 1.43. The number of ether oxygens (including phenoxy) is 2. The van der Waals surface area contributed by atoms with Crippen LogP contribution in [0.2, 0.25) is 0 Å². The number of benzene rings is 2. The Balaban J connectivity index is 1.54. The first-order chi connectivity index (χ1) is 14.3. The summed E-state index contributed by atoms with van der Waals surface area (Å²) in [5.41, 5.74) is -0.749. The van der Waals surface area contributed by atoms with E-state index in [4.69, 9.17) is 13.9 Å². The molecule has 2 heterocycles. The van der Waals surface area contributed by atoms with Crippen LogP contribution < -0.4 is 15.1 Å². The number of alkyl halides is 3. The van der Waals surface area contributed by atoms with Crippen molar-refractivity contribution in [2.45, 2.75) is 12.8 Å². The lowest BCUT2D eigenvalue weighted by Gasteiger charge is -2.10. The second-order valence-corrected chi connectivity index (χ2v) is 7.16. The number of thiazole rings is 1. The molecule has 0 saturated heterocycles.